The zero-order valence-electron chi connectivity index (χ0n) is 14.8. The van der Waals surface area contributed by atoms with Crippen molar-refractivity contribution in [3.05, 3.63) is 65.7 Å². The fraction of sp³-hybridized carbons (Fsp3) is 0.300. The first-order valence-corrected chi connectivity index (χ1v) is 9.09. The summed E-state index contributed by atoms with van der Waals surface area (Å²) >= 11 is 5.60. The SMILES string of the molecule is O=C(NC(Cc1ccc(OCCCCl)cc1)C(=O)O)OCc1ccccc1. The van der Waals surface area contributed by atoms with E-state index in [-0.39, 0.29) is 13.0 Å². The van der Waals surface area contributed by atoms with Crippen LogP contribution < -0.4 is 10.1 Å². The molecule has 6 nitrogen and oxygen atoms in total. The van der Waals surface area contributed by atoms with Gasteiger partial charge in [0.05, 0.1) is 6.61 Å². The number of carboxylic acids is 1. The third-order valence-corrected chi connectivity index (χ3v) is 3.98. The maximum atomic E-state index is 11.9. The average Bonchev–Trinajstić information content (AvgIpc) is 2.68. The minimum Gasteiger partial charge on any atom is -0.494 e. The molecule has 0 heterocycles. The standard InChI is InChI=1S/C20H22ClNO5/c21-11-4-12-26-17-9-7-15(8-10-17)13-18(19(23)24)22-20(25)27-14-16-5-2-1-3-6-16/h1-3,5-10,18H,4,11-14H2,(H,22,25)(H,23,24). The van der Waals surface area contributed by atoms with Crippen molar-refractivity contribution in [2.24, 2.45) is 0 Å². The van der Waals surface area contributed by atoms with Gasteiger partial charge in [-0.25, -0.2) is 9.59 Å². The molecule has 2 N–H and O–H groups in total. The summed E-state index contributed by atoms with van der Waals surface area (Å²) in [5.74, 6) is 0.0878. The van der Waals surface area contributed by atoms with Crippen LogP contribution in [0.4, 0.5) is 4.79 Å². The summed E-state index contributed by atoms with van der Waals surface area (Å²) in [5, 5.41) is 11.7. The quantitative estimate of drug-likeness (QED) is 0.477. The van der Waals surface area contributed by atoms with E-state index in [1.807, 2.05) is 30.3 Å². The van der Waals surface area contributed by atoms with E-state index in [1.165, 1.54) is 0 Å². The van der Waals surface area contributed by atoms with Crippen LogP contribution in [-0.2, 0) is 22.6 Å². The molecule has 0 aliphatic heterocycles. The zero-order valence-corrected chi connectivity index (χ0v) is 15.5. The Hall–Kier alpha value is -2.73. The molecule has 2 aromatic rings. The first-order valence-electron chi connectivity index (χ1n) is 8.56. The largest absolute Gasteiger partial charge is 0.494 e. The molecule has 27 heavy (non-hydrogen) atoms. The van der Waals surface area contributed by atoms with Crippen molar-refractivity contribution in [1.29, 1.82) is 0 Å². The summed E-state index contributed by atoms with van der Waals surface area (Å²) in [7, 11) is 0. The lowest BCUT2D eigenvalue weighted by Crippen LogP contribution is -2.42. The third kappa shape index (κ3) is 7.58. The number of aliphatic carboxylic acids is 1. The number of carboxylic acid groups (broad SMARTS) is 1. The highest BCUT2D eigenvalue weighted by molar-refractivity contribution is 6.17. The minimum atomic E-state index is -1.13. The monoisotopic (exact) mass is 391 g/mol. The van der Waals surface area contributed by atoms with E-state index >= 15 is 0 Å². The molecule has 2 rings (SSSR count). The molecule has 0 saturated heterocycles. The van der Waals surface area contributed by atoms with Crippen LogP contribution in [0.25, 0.3) is 0 Å². The highest BCUT2D eigenvalue weighted by Crippen LogP contribution is 2.14. The molecule has 144 valence electrons. The Kier molecular flexibility index (Phi) is 8.45. The maximum absolute atomic E-state index is 11.9. The van der Waals surface area contributed by atoms with Crippen molar-refractivity contribution >= 4 is 23.7 Å². The van der Waals surface area contributed by atoms with Crippen LogP contribution in [0.15, 0.2) is 54.6 Å². The van der Waals surface area contributed by atoms with Crippen molar-refractivity contribution in [3.8, 4) is 5.75 Å². The van der Waals surface area contributed by atoms with Crippen molar-refractivity contribution in [2.45, 2.75) is 25.5 Å². The third-order valence-electron chi connectivity index (χ3n) is 3.71. The molecule has 0 saturated carbocycles. The van der Waals surface area contributed by atoms with Gasteiger partial charge in [0.2, 0.25) is 0 Å². The number of amides is 1. The Morgan fingerprint density at radius 3 is 2.37 bits per heavy atom. The smallest absolute Gasteiger partial charge is 0.408 e. The van der Waals surface area contributed by atoms with Crippen LogP contribution in [0.1, 0.15) is 17.5 Å². The molecule has 0 bridgehead atoms. The molecule has 1 unspecified atom stereocenters. The molecule has 0 fully saturated rings. The molecule has 0 spiro atoms. The second-order valence-corrected chi connectivity index (χ2v) is 6.21. The van der Waals surface area contributed by atoms with E-state index in [1.54, 1.807) is 24.3 Å². The van der Waals surface area contributed by atoms with E-state index in [0.29, 0.717) is 18.2 Å². The van der Waals surface area contributed by atoms with Gasteiger partial charge in [0.15, 0.2) is 0 Å². The fourth-order valence-corrected chi connectivity index (χ4v) is 2.42. The summed E-state index contributed by atoms with van der Waals surface area (Å²) in [6, 6.07) is 15.1. The molecule has 0 aliphatic carbocycles. The Bertz CT molecular complexity index is 721. The number of alkyl carbamates (subject to hydrolysis) is 1. The molecule has 7 heteroatoms. The second kappa shape index (κ2) is 11.1. The lowest BCUT2D eigenvalue weighted by molar-refractivity contribution is -0.139. The van der Waals surface area contributed by atoms with Gasteiger partial charge in [-0.1, -0.05) is 42.5 Å². The summed E-state index contributed by atoms with van der Waals surface area (Å²) in [6.07, 6.45) is 0.115. The van der Waals surface area contributed by atoms with Gasteiger partial charge in [-0.15, -0.1) is 11.6 Å². The van der Waals surface area contributed by atoms with Gasteiger partial charge in [0.1, 0.15) is 18.4 Å². The molecular weight excluding hydrogens is 370 g/mol. The lowest BCUT2D eigenvalue weighted by atomic mass is 10.1. The highest BCUT2D eigenvalue weighted by atomic mass is 35.5. The van der Waals surface area contributed by atoms with Crippen LogP contribution in [0.2, 0.25) is 0 Å². The number of alkyl halides is 1. The van der Waals surface area contributed by atoms with Crippen molar-refractivity contribution in [3.63, 3.8) is 0 Å². The number of nitrogens with one attached hydrogen (secondary N) is 1. The summed E-state index contributed by atoms with van der Waals surface area (Å²) < 4.78 is 10.6. The zero-order chi connectivity index (χ0) is 19.5. The Morgan fingerprint density at radius 2 is 1.74 bits per heavy atom. The van der Waals surface area contributed by atoms with E-state index in [4.69, 9.17) is 21.1 Å². The lowest BCUT2D eigenvalue weighted by Gasteiger charge is -2.15. The van der Waals surface area contributed by atoms with Crippen LogP contribution in [0.5, 0.6) is 5.75 Å². The first kappa shape index (κ1) is 20.6. The van der Waals surface area contributed by atoms with Gasteiger partial charge in [-0.3, -0.25) is 0 Å². The maximum Gasteiger partial charge on any atom is 0.408 e. The average molecular weight is 392 g/mol. The van der Waals surface area contributed by atoms with Gasteiger partial charge >= 0.3 is 12.1 Å². The van der Waals surface area contributed by atoms with Crippen molar-refractivity contribution in [1.82, 2.24) is 5.32 Å². The number of rotatable bonds is 10. The topological polar surface area (TPSA) is 84.9 Å². The summed E-state index contributed by atoms with van der Waals surface area (Å²) in [6.45, 7) is 0.600. The molecule has 0 radical (unpaired) electrons. The normalized spacial score (nSPS) is 11.4. The van der Waals surface area contributed by atoms with E-state index in [2.05, 4.69) is 5.32 Å². The van der Waals surface area contributed by atoms with Crippen LogP contribution in [0.3, 0.4) is 0 Å². The van der Waals surface area contributed by atoms with E-state index < -0.39 is 18.1 Å². The summed E-state index contributed by atoms with van der Waals surface area (Å²) in [4.78, 5) is 23.3. The van der Waals surface area contributed by atoms with Crippen molar-refractivity contribution < 1.29 is 24.2 Å². The minimum absolute atomic E-state index is 0.0767. The number of carbonyl (C=O) groups is 2. The molecule has 0 aliphatic rings. The summed E-state index contributed by atoms with van der Waals surface area (Å²) in [5.41, 5.74) is 1.58. The molecule has 1 amide bonds. The Balaban J connectivity index is 1.85. The molecular formula is C20H22ClNO5. The van der Waals surface area contributed by atoms with Crippen molar-refractivity contribution in [2.75, 3.05) is 12.5 Å². The van der Waals surface area contributed by atoms with Gasteiger partial charge in [0.25, 0.3) is 0 Å². The van der Waals surface area contributed by atoms with Gasteiger partial charge in [-0.05, 0) is 29.7 Å². The van der Waals surface area contributed by atoms with Crippen LogP contribution in [0, 0.1) is 0 Å². The predicted molar refractivity (Wildman–Crippen MR) is 102 cm³/mol. The van der Waals surface area contributed by atoms with Crippen LogP contribution >= 0.6 is 11.6 Å². The Labute approximate surface area is 163 Å². The van der Waals surface area contributed by atoms with Gasteiger partial charge < -0.3 is 19.9 Å². The number of ether oxygens (including phenoxy) is 2. The van der Waals surface area contributed by atoms with E-state index in [0.717, 1.165) is 17.5 Å². The van der Waals surface area contributed by atoms with Gasteiger partial charge in [-0.2, -0.15) is 0 Å². The molecule has 0 aromatic heterocycles. The number of hydrogen-bond donors (Lipinski definition) is 2. The Morgan fingerprint density at radius 1 is 1.04 bits per heavy atom. The number of carbonyl (C=O) groups excluding carboxylic acids is 1. The predicted octanol–water partition coefficient (Wildman–Crippen LogP) is 3.62. The first-order chi connectivity index (χ1) is 13.1. The number of benzene rings is 2. The highest BCUT2D eigenvalue weighted by Gasteiger charge is 2.21. The number of hydrogen-bond acceptors (Lipinski definition) is 4. The second-order valence-electron chi connectivity index (χ2n) is 5.84. The molecule has 1 atom stereocenters. The number of halogens is 1. The van der Waals surface area contributed by atoms with E-state index in [9.17, 15) is 14.7 Å². The van der Waals surface area contributed by atoms with Crippen LogP contribution in [-0.4, -0.2) is 35.7 Å². The fourth-order valence-electron chi connectivity index (χ4n) is 2.31. The van der Waals surface area contributed by atoms with Gasteiger partial charge in [0, 0.05) is 12.3 Å². The molecule has 2 aromatic carbocycles.